The zero-order chi connectivity index (χ0) is 20.0. The van der Waals surface area contributed by atoms with E-state index in [0.29, 0.717) is 4.57 Å². The van der Waals surface area contributed by atoms with Crippen molar-refractivity contribution in [1.29, 1.82) is 0 Å². The minimum Gasteiger partial charge on any atom is -0.286 e. The molecule has 0 saturated heterocycles. The van der Waals surface area contributed by atoms with Crippen molar-refractivity contribution in [3.63, 3.8) is 0 Å². The molecule has 0 amide bonds. The zero-order valence-electron chi connectivity index (χ0n) is 13.8. The van der Waals surface area contributed by atoms with E-state index in [1.807, 2.05) is 0 Å². The van der Waals surface area contributed by atoms with Crippen molar-refractivity contribution in [2.75, 3.05) is 5.75 Å². The molecule has 1 unspecified atom stereocenters. The van der Waals surface area contributed by atoms with Crippen molar-refractivity contribution in [3.8, 4) is 11.1 Å². The van der Waals surface area contributed by atoms with Gasteiger partial charge in [0, 0.05) is 24.6 Å². The van der Waals surface area contributed by atoms with Crippen LogP contribution in [0.5, 0.6) is 0 Å². The third-order valence-electron chi connectivity index (χ3n) is 3.67. The molecule has 0 aliphatic carbocycles. The van der Waals surface area contributed by atoms with Crippen LogP contribution in [0.4, 0.5) is 17.6 Å². The molecule has 0 aliphatic rings. The molecule has 0 aliphatic heterocycles. The van der Waals surface area contributed by atoms with Gasteiger partial charge in [-0.3, -0.25) is 18.1 Å². The lowest BCUT2D eigenvalue weighted by atomic mass is 10.1. The summed E-state index contributed by atoms with van der Waals surface area (Å²) in [5.74, 6) is -2.55. The molecule has 1 aromatic carbocycles. The predicted octanol–water partition coefficient (Wildman–Crippen LogP) is 2.52. The Bertz CT molecular complexity index is 1030. The maximum Gasteiger partial charge on any atom is 0.400 e. The molecule has 2 rings (SSSR count). The van der Waals surface area contributed by atoms with Crippen molar-refractivity contribution < 1.29 is 21.8 Å². The molecule has 142 valence electrons. The number of aromatic nitrogens is 2. The second kappa shape index (κ2) is 6.99. The van der Waals surface area contributed by atoms with Crippen molar-refractivity contribution in [1.82, 2.24) is 9.13 Å². The molecule has 26 heavy (non-hydrogen) atoms. The molecule has 5 nitrogen and oxygen atoms in total. The molecule has 2 aromatic rings. The normalized spacial score (nSPS) is 13.1. The summed E-state index contributed by atoms with van der Waals surface area (Å²) in [4.78, 5) is 23.9. The van der Waals surface area contributed by atoms with Crippen molar-refractivity contribution >= 4 is 22.4 Å². The van der Waals surface area contributed by atoms with Gasteiger partial charge >= 0.3 is 11.9 Å². The van der Waals surface area contributed by atoms with Crippen LogP contribution >= 0.6 is 11.6 Å². The Morgan fingerprint density at radius 1 is 1.15 bits per heavy atom. The standard InChI is InChI=1S/C15H13ClF4N2O3S/c1-7-4-9(17)8(5-10(7)26(25)6-15(18,19)20)11-12(16)21(2)14(24)22(3)13(11)23/h4-5H,6H2,1-3H3. The largest absolute Gasteiger partial charge is 0.400 e. The fourth-order valence-electron chi connectivity index (χ4n) is 2.36. The number of alkyl halides is 3. The minimum absolute atomic E-state index is 0.0339. The van der Waals surface area contributed by atoms with Crippen LogP contribution < -0.4 is 11.2 Å². The average molecular weight is 413 g/mol. The highest BCUT2D eigenvalue weighted by Crippen LogP contribution is 2.30. The highest BCUT2D eigenvalue weighted by molar-refractivity contribution is 7.85. The Morgan fingerprint density at radius 2 is 1.73 bits per heavy atom. The summed E-state index contributed by atoms with van der Waals surface area (Å²) in [6.45, 7) is 1.30. The van der Waals surface area contributed by atoms with Gasteiger partial charge in [0.05, 0.1) is 16.4 Å². The van der Waals surface area contributed by atoms with Gasteiger partial charge in [0.1, 0.15) is 16.7 Å². The zero-order valence-corrected chi connectivity index (χ0v) is 15.4. The first-order valence-electron chi connectivity index (χ1n) is 7.06. The molecular formula is C15H13ClF4N2O3S. The molecule has 11 heteroatoms. The van der Waals surface area contributed by atoms with Crippen LogP contribution in [0.1, 0.15) is 5.56 Å². The van der Waals surface area contributed by atoms with Gasteiger partial charge in [-0.1, -0.05) is 11.6 Å². The molecule has 0 radical (unpaired) electrons. The van der Waals surface area contributed by atoms with E-state index in [1.165, 1.54) is 14.0 Å². The Kier molecular flexibility index (Phi) is 5.48. The Balaban J connectivity index is 2.78. The van der Waals surface area contributed by atoms with E-state index in [2.05, 4.69) is 0 Å². The number of rotatable bonds is 3. The summed E-state index contributed by atoms with van der Waals surface area (Å²) >= 11 is 5.99. The highest BCUT2D eigenvalue weighted by atomic mass is 35.5. The highest BCUT2D eigenvalue weighted by Gasteiger charge is 2.32. The molecule has 1 aromatic heterocycles. The maximum absolute atomic E-state index is 14.4. The van der Waals surface area contributed by atoms with Crippen LogP contribution in [0.15, 0.2) is 26.6 Å². The Labute approximate surface area is 152 Å². The SMILES string of the molecule is Cc1cc(F)c(-c2c(Cl)n(C)c(=O)n(C)c2=O)cc1S(=O)CC(F)(F)F. The van der Waals surface area contributed by atoms with Gasteiger partial charge in [0.2, 0.25) is 0 Å². The number of benzene rings is 1. The van der Waals surface area contributed by atoms with Crippen LogP contribution in [-0.2, 0) is 24.9 Å². The van der Waals surface area contributed by atoms with Gasteiger partial charge < -0.3 is 0 Å². The van der Waals surface area contributed by atoms with Crippen molar-refractivity contribution in [2.24, 2.45) is 14.1 Å². The Morgan fingerprint density at radius 3 is 2.27 bits per heavy atom. The van der Waals surface area contributed by atoms with Gasteiger partial charge in [-0.2, -0.15) is 13.2 Å². The number of aryl methyl sites for hydroxylation is 1. The lowest BCUT2D eigenvalue weighted by molar-refractivity contribution is -0.105. The average Bonchev–Trinajstić information content (AvgIpc) is 2.51. The van der Waals surface area contributed by atoms with E-state index in [9.17, 15) is 31.4 Å². The second-order valence-corrected chi connectivity index (χ2v) is 7.35. The van der Waals surface area contributed by atoms with E-state index in [1.54, 1.807) is 0 Å². The van der Waals surface area contributed by atoms with Gasteiger partial charge in [-0.25, -0.2) is 9.18 Å². The molecule has 0 bridgehead atoms. The lowest BCUT2D eigenvalue weighted by Gasteiger charge is -2.14. The van der Waals surface area contributed by atoms with Gasteiger partial charge in [-0.05, 0) is 24.6 Å². The first-order chi connectivity index (χ1) is 11.8. The number of halogens is 5. The quantitative estimate of drug-likeness (QED) is 0.575. The molecule has 1 atom stereocenters. The summed E-state index contributed by atoms with van der Waals surface area (Å²) in [6, 6.07) is 1.78. The number of hydrogen-bond acceptors (Lipinski definition) is 3. The first kappa shape index (κ1) is 20.4. The maximum atomic E-state index is 14.4. The first-order valence-corrected chi connectivity index (χ1v) is 8.76. The van der Waals surface area contributed by atoms with E-state index in [0.717, 1.165) is 23.7 Å². The predicted molar refractivity (Wildman–Crippen MR) is 89.4 cm³/mol. The van der Waals surface area contributed by atoms with Gasteiger partial charge in [-0.15, -0.1) is 0 Å². The fraction of sp³-hybridized carbons (Fsp3) is 0.333. The van der Waals surface area contributed by atoms with Gasteiger partial charge in [0.25, 0.3) is 5.56 Å². The molecule has 0 spiro atoms. The third kappa shape index (κ3) is 3.75. The summed E-state index contributed by atoms with van der Waals surface area (Å²) in [6.07, 6.45) is -4.68. The summed E-state index contributed by atoms with van der Waals surface area (Å²) in [5, 5.41) is -0.381. The van der Waals surface area contributed by atoms with Gasteiger partial charge in [0.15, 0.2) is 0 Å². The molecule has 0 N–H and O–H groups in total. The van der Waals surface area contributed by atoms with Crippen LogP contribution in [0.25, 0.3) is 11.1 Å². The third-order valence-corrected chi connectivity index (χ3v) is 5.63. The summed E-state index contributed by atoms with van der Waals surface area (Å²) in [7, 11) is -0.0927. The molecule has 0 saturated carbocycles. The number of nitrogens with zero attached hydrogens (tertiary/aromatic N) is 2. The molecular weight excluding hydrogens is 400 g/mol. The lowest BCUT2D eigenvalue weighted by Crippen LogP contribution is -2.38. The van der Waals surface area contributed by atoms with E-state index >= 15 is 0 Å². The van der Waals surface area contributed by atoms with Crippen LogP contribution in [-0.4, -0.2) is 25.3 Å². The van der Waals surface area contributed by atoms with Crippen LogP contribution in [0, 0.1) is 12.7 Å². The fourth-order valence-corrected chi connectivity index (χ4v) is 3.74. The molecule has 0 fully saturated rings. The topological polar surface area (TPSA) is 61.1 Å². The van der Waals surface area contributed by atoms with Crippen LogP contribution in [0.2, 0.25) is 5.15 Å². The van der Waals surface area contributed by atoms with E-state index in [4.69, 9.17) is 11.6 Å². The summed E-state index contributed by atoms with van der Waals surface area (Å²) < 4.78 is 65.6. The van der Waals surface area contributed by atoms with Crippen molar-refractivity contribution in [3.05, 3.63) is 49.5 Å². The molecule has 1 heterocycles. The number of hydrogen-bond donors (Lipinski definition) is 0. The van der Waals surface area contributed by atoms with E-state index in [-0.39, 0.29) is 15.6 Å². The van der Waals surface area contributed by atoms with Crippen LogP contribution in [0.3, 0.4) is 0 Å². The van der Waals surface area contributed by atoms with E-state index < -0.39 is 50.9 Å². The monoisotopic (exact) mass is 412 g/mol. The summed E-state index contributed by atoms with van der Waals surface area (Å²) in [5.41, 5.74) is -2.47. The Hall–Kier alpha value is -1.94. The smallest absolute Gasteiger partial charge is 0.286 e. The van der Waals surface area contributed by atoms with Crippen molar-refractivity contribution in [2.45, 2.75) is 18.0 Å². The second-order valence-electron chi connectivity index (χ2n) is 5.57. The minimum atomic E-state index is -4.68.